The van der Waals surface area contributed by atoms with Gasteiger partial charge >= 0.3 is 29.2 Å². The number of H-pyrrole nitrogens is 1. The highest BCUT2D eigenvalue weighted by Crippen LogP contribution is 2.66. The van der Waals surface area contributed by atoms with Crippen LogP contribution in [0.1, 0.15) is 15.9 Å². The number of nitrogens with zero attached hydrogens (tertiary/aromatic N) is 1. The molecule has 2 heterocycles. The number of nitrogens with one attached hydrogen (secondary N) is 1. The minimum Gasteiger partial charge on any atom is -0.387 e. The van der Waals surface area contributed by atoms with Gasteiger partial charge in [0.15, 0.2) is 6.23 Å². The first-order valence-electron chi connectivity index (χ1n) is 8.39. The first kappa shape index (κ1) is 22.6. The Morgan fingerprint density at radius 3 is 2.43 bits per heavy atom. The van der Waals surface area contributed by atoms with Gasteiger partial charge in [-0.2, -0.15) is 8.62 Å². The molecule has 1 aromatic heterocycles. The second kappa shape index (κ2) is 8.73. The van der Waals surface area contributed by atoms with Gasteiger partial charge in [0, 0.05) is 6.20 Å². The molecule has 0 saturated carbocycles. The molecule has 1 fully saturated rings. The number of hydrogen-bond acceptors (Lipinski definition) is 11. The van der Waals surface area contributed by atoms with Crippen molar-refractivity contribution in [2.75, 3.05) is 6.56 Å². The summed E-state index contributed by atoms with van der Waals surface area (Å²) in [7, 11) is -17.6. The van der Waals surface area contributed by atoms with E-state index >= 15 is 0 Å². The van der Waals surface area contributed by atoms with Gasteiger partial charge in [-0.1, -0.05) is 12.2 Å². The van der Waals surface area contributed by atoms with Crippen LogP contribution in [-0.4, -0.2) is 63.7 Å². The van der Waals surface area contributed by atoms with Crippen LogP contribution >= 0.6 is 35.7 Å². The highest BCUT2D eigenvalue weighted by atomic mass is 32.1. The Kier molecular flexibility index (Phi) is 6.57. The van der Waals surface area contributed by atoms with Gasteiger partial charge in [-0.3, -0.25) is 14.1 Å². The molecule has 16 nitrogen and oxygen atoms in total. The lowest BCUT2D eigenvalue weighted by Crippen LogP contribution is -2.46. The van der Waals surface area contributed by atoms with E-state index in [1.807, 2.05) is 0 Å². The van der Waals surface area contributed by atoms with Gasteiger partial charge in [0.1, 0.15) is 22.4 Å². The van der Waals surface area contributed by atoms with Crippen LogP contribution < -0.4 is 5.69 Å². The lowest BCUT2D eigenvalue weighted by atomic mass is 9.96. The van der Waals surface area contributed by atoms with Gasteiger partial charge in [0.2, 0.25) is 0 Å². The fourth-order valence-electron chi connectivity index (χ4n) is 2.27. The second-order valence-corrected chi connectivity index (χ2v) is 10.7. The van der Waals surface area contributed by atoms with Crippen LogP contribution in [0.15, 0.2) is 17.1 Å². The average Bonchev–Trinajstić information content (AvgIpc) is 2.74. The molecule has 1 saturated heterocycles. The molecule has 1 aliphatic rings. The molecule has 7 N–H and O–H groups in total. The normalized spacial score (nSPS) is 32.7. The second-order valence-electron chi connectivity index (χ2n) is 5.90. The highest BCUT2D eigenvalue weighted by molar-refractivity contribution is 7.71. The molecule has 1 aromatic rings. The molecule has 172 valence electrons. The first-order chi connectivity index (χ1) is 14.2. The number of aliphatic hydroxyl groups excluding tert-OH is 1. The number of hydrogen-bond donors (Lipinski definition) is 7. The molecule has 3 unspecified atom stereocenters. The molecule has 0 aromatic carbocycles. The predicted octanol–water partition coefficient (Wildman–Crippen LogP) is -0.742. The van der Waals surface area contributed by atoms with Crippen molar-refractivity contribution in [2.45, 2.75) is 31.0 Å². The zero-order valence-corrected chi connectivity index (χ0v) is 18.0. The van der Waals surface area contributed by atoms with Crippen molar-refractivity contribution in [1.82, 2.24) is 9.55 Å². The third-order valence-electron chi connectivity index (χ3n) is 3.46. The van der Waals surface area contributed by atoms with E-state index in [1.165, 1.54) is 6.07 Å². The number of phosphoric acid groups is 3. The summed E-state index contributed by atoms with van der Waals surface area (Å²) in [5.41, 5.74) is -3.32. The smallest absolute Gasteiger partial charge is 0.387 e. The minimum absolute atomic E-state index is 0.00368. The number of rotatable bonds is 8. The van der Waals surface area contributed by atoms with Crippen LogP contribution in [0.5, 0.6) is 0 Å². The van der Waals surface area contributed by atoms with Crippen LogP contribution in [-0.2, 0) is 31.6 Å². The van der Waals surface area contributed by atoms with Crippen molar-refractivity contribution >= 4 is 35.7 Å². The maximum absolute atomic E-state index is 12.1. The fraction of sp³-hybridized carbons (Fsp3) is 0.600. The van der Waals surface area contributed by atoms with Crippen molar-refractivity contribution in [3.05, 3.63) is 27.4 Å². The van der Waals surface area contributed by atoms with Crippen molar-refractivity contribution in [3.63, 3.8) is 0 Å². The van der Waals surface area contributed by atoms with E-state index < -0.39 is 59.8 Å². The molecular formula is C10H17N2O14P3S. The predicted molar refractivity (Wildman–Crippen MR) is 96.2 cm³/mol. The maximum atomic E-state index is 12.1. The van der Waals surface area contributed by atoms with Crippen LogP contribution in [0, 0.1) is 4.64 Å². The number of aromatic nitrogens is 2. The van der Waals surface area contributed by atoms with Gasteiger partial charge in [-0.25, -0.2) is 18.5 Å². The summed E-state index contributed by atoms with van der Waals surface area (Å²) in [6.07, 6.45) is -5.25. The Balaban J connectivity index is 2.30. The van der Waals surface area contributed by atoms with Crippen LogP contribution in [0.25, 0.3) is 0 Å². The van der Waals surface area contributed by atoms with E-state index in [0.717, 1.165) is 13.1 Å². The molecule has 0 bridgehead atoms. The average molecular weight is 516 g/mol. The molecule has 0 aliphatic carbocycles. The zero-order valence-electron chi connectivity index (χ0n) is 16.5. The van der Waals surface area contributed by atoms with Gasteiger partial charge < -0.3 is 34.5 Å². The number of ether oxygens (including phenoxy) is 1. The summed E-state index contributed by atoms with van der Waals surface area (Å²) >= 11 is 4.76. The lowest BCUT2D eigenvalue weighted by molar-refractivity contribution is -0.0986. The maximum Gasteiger partial charge on any atom is 0.490 e. The molecular weight excluding hydrogens is 497 g/mol. The summed E-state index contributed by atoms with van der Waals surface area (Å²) < 4.78 is 66.4. The standard InChI is InChI=1S/C10H17N2O14P3S/c1-10(15)7(13)5(24-8(10)12-3-2-6(30)11-9(12)14)4-23-28(19,20)26-29(21,22)25-27(16,17)18/h2-3,5,7-8,13,15H,4H2,1H3,(H,19,20)(H,21,22)(H,11,14,30)(H2,16,17,18)/t5-,7+,8-,10?/m1/s1/i4D2. The van der Waals surface area contributed by atoms with Crippen molar-refractivity contribution in [1.29, 1.82) is 0 Å². The number of aliphatic hydroxyl groups is 2. The van der Waals surface area contributed by atoms with Crippen molar-refractivity contribution in [3.8, 4) is 0 Å². The lowest BCUT2D eigenvalue weighted by Gasteiger charge is -2.27. The third kappa shape index (κ3) is 6.45. The Labute approximate surface area is 174 Å². The molecule has 1 aliphatic heterocycles. The molecule has 0 amide bonds. The van der Waals surface area contributed by atoms with E-state index in [4.69, 9.17) is 34.4 Å². The van der Waals surface area contributed by atoms with Crippen molar-refractivity contribution in [2.24, 2.45) is 0 Å². The minimum atomic E-state index is -5.97. The first-order valence-corrected chi connectivity index (χ1v) is 12.3. The van der Waals surface area contributed by atoms with Crippen LogP contribution in [0.2, 0.25) is 0 Å². The molecule has 6 atom stereocenters. The Morgan fingerprint density at radius 2 is 1.90 bits per heavy atom. The SMILES string of the molecule is [2H]C([2H])(OP(=O)(O)OP(=O)(O)OP(=O)(O)O)[C@H]1O[C@@H](n2ccc(=S)[nH]c2=O)C(C)(O)[C@H]1O. The summed E-state index contributed by atoms with van der Waals surface area (Å²) in [4.78, 5) is 50.0. The largest absolute Gasteiger partial charge is 0.490 e. The molecule has 0 radical (unpaired) electrons. The molecule has 2 rings (SSSR count). The van der Waals surface area contributed by atoms with Gasteiger partial charge in [0.05, 0.1) is 9.30 Å². The van der Waals surface area contributed by atoms with E-state index in [1.54, 1.807) is 0 Å². The molecule has 20 heteroatoms. The fourth-order valence-corrected chi connectivity index (χ4v) is 5.29. The zero-order chi connectivity index (χ0) is 24.9. The Bertz CT molecular complexity index is 1130. The van der Waals surface area contributed by atoms with Crippen LogP contribution in [0.3, 0.4) is 0 Å². The number of aromatic amines is 1. The summed E-state index contributed by atoms with van der Waals surface area (Å²) in [5.74, 6) is 0. The molecule has 0 spiro atoms. The van der Waals surface area contributed by atoms with E-state index in [0.29, 0.717) is 4.57 Å². The van der Waals surface area contributed by atoms with Gasteiger partial charge in [0.25, 0.3) is 0 Å². The Morgan fingerprint density at radius 1 is 1.30 bits per heavy atom. The third-order valence-corrected chi connectivity index (χ3v) is 7.37. The number of phosphoric ester groups is 1. The summed E-state index contributed by atoms with van der Waals surface area (Å²) in [6, 6.07) is 1.20. The van der Waals surface area contributed by atoms with Gasteiger partial charge in [-0.15, -0.1) is 0 Å². The van der Waals surface area contributed by atoms with Crippen LogP contribution in [0.4, 0.5) is 0 Å². The van der Waals surface area contributed by atoms with E-state index in [9.17, 15) is 33.6 Å². The highest BCUT2D eigenvalue weighted by Gasteiger charge is 2.54. The van der Waals surface area contributed by atoms with Crippen molar-refractivity contribution < 1.29 is 64.1 Å². The summed E-state index contributed by atoms with van der Waals surface area (Å²) in [5, 5.41) is 20.9. The van der Waals surface area contributed by atoms with E-state index in [-0.39, 0.29) is 4.64 Å². The quantitative estimate of drug-likeness (QED) is 0.166. The molecule has 30 heavy (non-hydrogen) atoms. The van der Waals surface area contributed by atoms with Gasteiger partial charge in [-0.05, 0) is 13.0 Å². The topological polar surface area (TPSA) is 247 Å². The Hall–Kier alpha value is -0.610. The summed E-state index contributed by atoms with van der Waals surface area (Å²) in [6.45, 7) is -2.62. The van der Waals surface area contributed by atoms with E-state index in [2.05, 4.69) is 18.1 Å². The monoisotopic (exact) mass is 516 g/mol.